The van der Waals surface area contributed by atoms with Crippen molar-refractivity contribution in [3.8, 4) is 0 Å². The summed E-state index contributed by atoms with van der Waals surface area (Å²) in [5, 5.41) is 0. The van der Waals surface area contributed by atoms with Crippen molar-refractivity contribution in [2.75, 3.05) is 17.2 Å². The fourth-order valence-electron chi connectivity index (χ4n) is 2.45. The smallest absolute Gasteiger partial charge is 0.274 e. The zero-order valence-electron chi connectivity index (χ0n) is 11.7. The van der Waals surface area contributed by atoms with E-state index >= 15 is 0 Å². The Kier molecular flexibility index (Phi) is 4.01. The Morgan fingerprint density at radius 1 is 1.50 bits per heavy atom. The largest absolute Gasteiger partial charge is 0.274 e. The molecule has 1 amide bonds. The Labute approximate surface area is 118 Å². The summed E-state index contributed by atoms with van der Waals surface area (Å²) in [5.41, 5.74) is 4.28. The van der Waals surface area contributed by atoms with Crippen LogP contribution in [0.25, 0.3) is 0 Å². The van der Waals surface area contributed by atoms with Gasteiger partial charge in [0.1, 0.15) is 0 Å². The monoisotopic (exact) mass is 298 g/mol. The number of fused-ring (bicyclic) bond motifs is 1. The molecule has 1 aromatic rings. The number of nitrogens with one attached hydrogen (secondary N) is 1. The van der Waals surface area contributed by atoms with Gasteiger partial charge in [-0.05, 0) is 44.0 Å². The minimum atomic E-state index is -3.30. The van der Waals surface area contributed by atoms with Crippen molar-refractivity contribution < 1.29 is 18.0 Å². The SMILES string of the molecule is CCONC(=O)c1ccc2c(c1)C[C@H](C)N2S(C)(=O)=O. The molecule has 7 heteroatoms. The van der Waals surface area contributed by atoms with Crippen LogP contribution in [0.2, 0.25) is 0 Å². The van der Waals surface area contributed by atoms with Gasteiger partial charge in [0.15, 0.2) is 0 Å². The van der Waals surface area contributed by atoms with Crippen molar-refractivity contribution >= 4 is 21.6 Å². The molecule has 0 spiro atoms. The van der Waals surface area contributed by atoms with Gasteiger partial charge < -0.3 is 0 Å². The Hall–Kier alpha value is -1.60. The van der Waals surface area contributed by atoms with Crippen LogP contribution in [0.4, 0.5) is 5.69 Å². The van der Waals surface area contributed by atoms with Crippen molar-refractivity contribution in [1.82, 2.24) is 5.48 Å². The van der Waals surface area contributed by atoms with Crippen LogP contribution in [0, 0.1) is 0 Å². The van der Waals surface area contributed by atoms with Crippen molar-refractivity contribution in [3.05, 3.63) is 29.3 Å². The molecule has 0 aromatic heterocycles. The quantitative estimate of drug-likeness (QED) is 0.844. The Morgan fingerprint density at radius 2 is 2.20 bits per heavy atom. The Bertz CT molecular complexity index is 627. The minimum absolute atomic E-state index is 0.134. The molecule has 1 heterocycles. The van der Waals surface area contributed by atoms with Gasteiger partial charge in [0, 0.05) is 11.6 Å². The molecule has 0 saturated heterocycles. The molecule has 0 radical (unpaired) electrons. The van der Waals surface area contributed by atoms with Crippen LogP contribution < -0.4 is 9.79 Å². The molecule has 0 aliphatic carbocycles. The van der Waals surface area contributed by atoms with Gasteiger partial charge in [-0.3, -0.25) is 13.9 Å². The fraction of sp³-hybridized carbons (Fsp3) is 0.462. The summed E-state index contributed by atoms with van der Waals surface area (Å²) in [6, 6.07) is 4.85. The fourth-order valence-corrected chi connectivity index (χ4v) is 3.71. The lowest BCUT2D eigenvalue weighted by molar-refractivity contribution is 0.0364. The first kappa shape index (κ1) is 14.8. The van der Waals surface area contributed by atoms with Crippen LogP contribution in [-0.2, 0) is 21.3 Å². The molecule has 1 atom stereocenters. The highest BCUT2D eigenvalue weighted by Crippen LogP contribution is 2.34. The molecule has 1 aromatic carbocycles. The van der Waals surface area contributed by atoms with Crippen LogP contribution in [0.15, 0.2) is 18.2 Å². The average molecular weight is 298 g/mol. The van der Waals surface area contributed by atoms with E-state index in [1.807, 2.05) is 6.92 Å². The summed E-state index contributed by atoms with van der Waals surface area (Å²) < 4.78 is 25.0. The highest BCUT2D eigenvalue weighted by atomic mass is 32.2. The maximum atomic E-state index is 11.8. The predicted octanol–water partition coefficient (Wildman–Crippen LogP) is 1.08. The molecular formula is C13H18N2O4S. The van der Waals surface area contributed by atoms with E-state index in [0.717, 1.165) is 5.56 Å². The molecule has 0 saturated carbocycles. The normalized spacial score (nSPS) is 17.9. The second-order valence-corrected chi connectivity index (χ2v) is 6.68. The van der Waals surface area contributed by atoms with Crippen LogP contribution in [0.1, 0.15) is 29.8 Å². The summed E-state index contributed by atoms with van der Waals surface area (Å²) in [7, 11) is -3.30. The van der Waals surface area contributed by atoms with E-state index in [4.69, 9.17) is 4.84 Å². The maximum Gasteiger partial charge on any atom is 0.274 e. The van der Waals surface area contributed by atoms with Gasteiger partial charge in [0.2, 0.25) is 10.0 Å². The molecule has 6 nitrogen and oxygen atoms in total. The molecule has 0 unspecified atom stereocenters. The standard InChI is InChI=1S/C13H18N2O4S/c1-4-19-14-13(16)10-5-6-12-11(8-10)7-9(2)15(12)20(3,17)18/h5-6,8-9H,4,7H2,1-3H3,(H,14,16)/t9-/m0/s1. The number of rotatable bonds is 4. The van der Waals surface area contributed by atoms with Crippen LogP contribution in [0.5, 0.6) is 0 Å². The third kappa shape index (κ3) is 2.78. The van der Waals surface area contributed by atoms with Crippen molar-refractivity contribution in [2.24, 2.45) is 0 Å². The number of carbonyl (C=O) groups is 1. The number of hydroxylamine groups is 1. The highest BCUT2D eigenvalue weighted by Gasteiger charge is 2.32. The molecule has 0 fully saturated rings. The highest BCUT2D eigenvalue weighted by molar-refractivity contribution is 7.92. The van der Waals surface area contributed by atoms with Crippen molar-refractivity contribution in [1.29, 1.82) is 0 Å². The Balaban J connectivity index is 2.31. The summed E-state index contributed by atoms with van der Waals surface area (Å²) in [4.78, 5) is 16.7. The van der Waals surface area contributed by atoms with E-state index in [2.05, 4.69) is 5.48 Å². The first-order valence-corrected chi connectivity index (χ1v) is 8.24. The van der Waals surface area contributed by atoms with E-state index in [1.165, 1.54) is 10.6 Å². The summed E-state index contributed by atoms with van der Waals surface area (Å²) in [6.45, 7) is 4.01. The summed E-state index contributed by atoms with van der Waals surface area (Å²) in [5.74, 6) is -0.333. The van der Waals surface area contributed by atoms with E-state index in [1.54, 1.807) is 25.1 Å². The predicted molar refractivity (Wildman–Crippen MR) is 76.0 cm³/mol. The van der Waals surface area contributed by atoms with Gasteiger partial charge in [-0.1, -0.05) is 0 Å². The second kappa shape index (κ2) is 5.41. The lowest BCUT2D eigenvalue weighted by Crippen LogP contribution is -2.34. The molecular weight excluding hydrogens is 280 g/mol. The number of hydrogen-bond acceptors (Lipinski definition) is 4. The average Bonchev–Trinajstić information content (AvgIpc) is 2.70. The topological polar surface area (TPSA) is 75.7 Å². The van der Waals surface area contributed by atoms with E-state index in [9.17, 15) is 13.2 Å². The molecule has 20 heavy (non-hydrogen) atoms. The molecule has 110 valence electrons. The van der Waals surface area contributed by atoms with Gasteiger partial charge in [-0.25, -0.2) is 13.9 Å². The molecule has 1 aliphatic heterocycles. The van der Waals surface area contributed by atoms with Crippen LogP contribution in [0.3, 0.4) is 0 Å². The van der Waals surface area contributed by atoms with Crippen molar-refractivity contribution in [2.45, 2.75) is 26.3 Å². The molecule has 0 bridgehead atoms. The number of sulfonamides is 1. The third-order valence-electron chi connectivity index (χ3n) is 3.16. The zero-order chi connectivity index (χ0) is 14.9. The molecule has 1 N–H and O–H groups in total. The van der Waals surface area contributed by atoms with Gasteiger partial charge >= 0.3 is 0 Å². The third-order valence-corrected chi connectivity index (χ3v) is 4.43. The van der Waals surface area contributed by atoms with Crippen LogP contribution in [-0.4, -0.2) is 33.2 Å². The van der Waals surface area contributed by atoms with E-state index in [-0.39, 0.29) is 11.9 Å². The minimum Gasteiger partial charge on any atom is -0.274 e. The number of nitrogens with zero attached hydrogens (tertiary/aromatic N) is 1. The van der Waals surface area contributed by atoms with Crippen LogP contribution >= 0.6 is 0 Å². The first-order chi connectivity index (χ1) is 9.34. The lowest BCUT2D eigenvalue weighted by Gasteiger charge is -2.21. The molecule has 1 aliphatic rings. The summed E-state index contributed by atoms with van der Waals surface area (Å²) in [6.07, 6.45) is 1.78. The van der Waals surface area contributed by atoms with E-state index < -0.39 is 10.0 Å². The Morgan fingerprint density at radius 3 is 2.80 bits per heavy atom. The maximum absolute atomic E-state index is 11.8. The molecule has 2 rings (SSSR count). The number of benzene rings is 1. The number of carbonyl (C=O) groups excluding carboxylic acids is 1. The number of anilines is 1. The number of hydrogen-bond donors (Lipinski definition) is 1. The lowest BCUT2D eigenvalue weighted by atomic mass is 10.1. The van der Waals surface area contributed by atoms with E-state index in [0.29, 0.717) is 24.3 Å². The first-order valence-electron chi connectivity index (χ1n) is 6.39. The zero-order valence-corrected chi connectivity index (χ0v) is 12.5. The summed E-state index contributed by atoms with van der Waals surface area (Å²) >= 11 is 0. The van der Waals surface area contributed by atoms with Gasteiger partial charge in [0.25, 0.3) is 5.91 Å². The van der Waals surface area contributed by atoms with Gasteiger partial charge in [0.05, 0.1) is 18.6 Å². The number of amides is 1. The van der Waals surface area contributed by atoms with Gasteiger partial charge in [-0.2, -0.15) is 0 Å². The van der Waals surface area contributed by atoms with Gasteiger partial charge in [-0.15, -0.1) is 0 Å². The van der Waals surface area contributed by atoms with Crippen molar-refractivity contribution in [3.63, 3.8) is 0 Å². The second-order valence-electron chi connectivity index (χ2n) is 4.82.